The number of carbonyl (C=O) groups is 1. The molecule has 1 amide bonds. The number of halogens is 1. The number of hydrogen-bond acceptors (Lipinski definition) is 4. The van der Waals surface area contributed by atoms with Crippen LogP contribution in [-0.2, 0) is 9.53 Å². The number of likely N-dealkylation sites (tertiary alicyclic amines) is 1. The Kier molecular flexibility index (Phi) is 6.74. The average molecular weight is 444 g/mol. The molecule has 5 nitrogen and oxygen atoms in total. The van der Waals surface area contributed by atoms with E-state index in [-0.39, 0.29) is 12.5 Å². The van der Waals surface area contributed by atoms with E-state index >= 15 is 0 Å². The Morgan fingerprint density at radius 3 is 2.46 bits per heavy atom. The van der Waals surface area contributed by atoms with Crippen molar-refractivity contribution < 1.29 is 14.3 Å². The first-order valence-corrected chi connectivity index (χ1v) is 9.75. The average Bonchev–Trinajstić information content (AvgIpc) is 2.62. The van der Waals surface area contributed by atoms with Crippen LogP contribution in [0.15, 0.2) is 24.3 Å². The molecule has 132 valence electrons. The zero-order valence-corrected chi connectivity index (χ0v) is 16.1. The Morgan fingerprint density at radius 2 is 1.79 bits per heavy atom. The summed E-state index contributed by atoms with van der Waals surface area (Å²) >= 11 is 2.25. The molecule has 3 rings (SSSR count). The van der Waals surface area contributed by atoms with Gasteiger partial charge in [-0.05, 0) is 65.6 Å². The SMILES string of the molecule is O=C(COc1ccc(I)cc1)N1CCC(CN2CCOCC2)CC1. The van der Waals surface area contributed by atoms with E-state index in [1.807, 2.05) is 29.2 Å². The standard InChI is InChI=1S/C18H25IN2O3/c19-16-1-3-17(4-2-16)24-14-18(22)21-7-5-15(6-8-21)13-20-9-11-23-12-10-20/h1-4,15H,5-14H2. The van der Waals surface area contributed by atoms with E-state index in [2.05, 4.69) is 27.5 Å². The minimum Gasteiger partial charge on any atom is -0.484 e. The van der Waals surface area contributed by atoms with Gasteiger partial charge in [-0.2, -0.15) is 0 Å². The number of morpholine rings is 1. The molecule has 0 bridgehead atoms. The van der Waals surface area contributed by atoms with Crippen LogP contribution in [0, 0.1) is 9.49 Å². The monoisotopic (exact) mass is 444 g/mol. The first-order valence-electron chi connectivity index (χ1n) is 8.67. The number of benzene rings is 1. The van der Waals surface area contributed by atoms with Crippen LogP contribution in [0.3, 0.4) is 0 Å². The Bertz CT molecular complexity index is 524. The molecule has 0 unspecified atom stereocenters. The zero-order chi connectivity index (χ0) is 16.8. The number of rotatable bonds is 5. The Hall–Kier alpha value is -0.860. The summed E-state index contributed by atoms with van der Waals surface area (Å²) in [5, 5.41) is 0. The van der Waals surface area contributed by atoms with E-state index in [1.54, 1.807) is 0 Å². The van der Waals surface area contributed by atoms with Crippen LogP contribution in [0.25, 0.3) is 0 Å². The van der Waals surface area contributed by atoms with Crippen molar-refractivity contribution in [1.82, 2.24) is 9.80 Å². The van der Waals surface area contributed by atoms with Crippen molar-refractivity contribution >= 4 is 28.5 Å². The summed E-state index contributed by atoms with van der Waals surface area (Å²) in [4.78, 5) is 16.7. The van der Waals surface area contributed by atoms with Crippen molar-refractivity contribution in [3.8, 4) is 5.75 Å². The molecule has 2 saturated heterocycles. The number of ether oxygens (including phenoxy) is 2. The van der Waals surface area contributed by atoms with Gasteiger partial charge in [0.1, 0.15) is 5.75 Å². The quantitative estimate of drug-likeness (QED) is 0.654. The molecule has 2 aliphatic heterocycles. The van der Waals surface area contributed by atoms with Crippen molar-refractivity contribution in [3.05, 3.63) is 27.8 Å². The summed E-state index contributed by atoms with van der Waals surface area (Å²) in [6.45, 7) is 6.78. The van der Waals surface area contributed by atoms with Gasteiger partial charge in [0, 0.05) is 36.3 Å². The molecule has 0 radical (unpaired) electrons. The van der Waals surface area contributed by atoms with E-state index in [9.17, 15) is 4.79 Å². The molecule has 1 aromatic carbocycles. The Balaban J connectivity index is 1.37. The summed E-state index contributed by atoms with van der Waals surface area (Å²) in [5.74, 6) is 1.55. The number of carbonyl (C=O) groups excluding carboxylic acids is 1. The summed E-state index contributed by atoms with van der Waals surface area (Å²) < 4.78 is 12.2. The molecule has 2 fully saturated rings. The highest BCUT2D eigenvalue weighted by molar-refractivity contribution is 14.1. The predicted octanol–water partition coefficient (Wildman–Crippen LogP) is 2.24. The third-order valence-electron chi connectivity index (χ3n) is 4.76. The lowest BCUT2D eigenvalue weighted by atomic mass is 9.96. The van der Waals surface area contributed by atoms with Gasteiger partial charge in [0.25, 0.3) is 5.91 Å². The third-order valence-corrected chi connectivity index (χ3v) is 5.48. The first kappa shape index (κ1) is 17.9. The van der Waals surface area contributed by atoms with E-state index in [0.29, 0.717) is 5.92 Å². The summed E-state index contributed by atoms with van der Waals surface area (Å²) in [7, 11) is 0. The van der Waals surface area contributed by atoms with Crippen LogP contribution in [0.2, 0.25) is 0 Å². The largest absolute Gasteiger partial charge is 0.484 e. The van der Waals surface area contributed by atoms with Crippen molar-refractivity contribution in [2.24, 2.45) is 5.92 Å². The van der Waals surface area contributed by atoms with Crippen molar-refractivity contribution in [2.45, 2.75) is 12.8 Å². The van der Waals surface area contributed by atoms with Crippen molar-refractivity contribution in [2.75, 3.05) is 52.5 Å². The van der Waals surface area contributed by atoms with Gasteiger partial charge in [-0.1, -0.05) is 0 Å². The maximum atomic E-state index is 12.3. The third kappa shape index (κ3) is 5.32. The van der Waals surface area contributed by atoms with Gasteiger partial charge in [0.15, 0.2) is 6.61 Å². The molecule has 0 atom stereocenters. The normalized spacial score (nSPS) is 20.1. The minimum absolute atomic E-state index is 0.0957. The zero-order valence-electron chi connectivity index (χ0n) is 14.0. The van der Waals surface area contributed by atoms with Gasteiger partial charge in [-0.25, -0.2) is 0 Å². The minimum atomic E-state index is 0.0957. The topological polar surface area (TPSA) is 42.0 Å². The van der Waals surface area contributed by atoms with Gasteiger partial charge >= 0.3 is 0 Å². The molecule has 0 aliphatic carbocycles. The van der Waals surface area contributed by atoms with Gasteiger partial charge in [-0.15, -0.1) is 0 Å². The summed E-state index contributed by atoms with van der Waals surface area (Å²) in [6, 6.07) is 7.78. The molecule has 0 saturated carbocycles. The fraction of sp³-hybridized carbons (Fsp3) is 0.611. The smallest absolute Gasteiger partial charge is 0.260 e. The van der Waals surface area contributed by atoms with Crippen LogP contribution in [-0.4, -0.2) is 68.3 Å². The van der Waals surface area contributed by atoms with E-state index in [0.717, 1.165) is 68.1 Å². The van der Waals surface area contributed by atoms with E-state index in [1.165, 1.54) is 0 Å². The van der Waals surface area contributed by atoms with Gasteiger partial charge in [0.2, 0.25) is 0 Å². The summed E-state index contributed by atoms with van der Waals surface area (Å²) in [5.41, 5.74) is 0. The molecule has 2 heterocycles. The number of nitrogens with zero attached hydrogens (tertiary/aromatic N) is 2. The lowest BCUT2D eigenvalue weighted by Gasteiger charge is -2.36. The molecule has 2 aliphatic rings. The van der Waals surface area contributed by atoms with Crippen LogP contribution >= 0.6 is 22.6 Å². The predicted molar refractivity (Wildman–Crippen MR) is 101 cm³/mol. The van der Waals surface area contributed by atoms with Crippen molar-refractivity contribution in [1.29, 1.82) is 0 Å². The Morgan fingerprint density at radius 1 is 1.12 bits per heavy atom. The fourth-order valence-corrected chi connectivity index (χ4v) is 3.64. The van der Waals surface area contributed by atoms with Crippen LogP contribution in [0.4, 0.5) is 0 Å². The summed E-state index contributed by atoms with van der Waals surface area (Å²) in [6.07, 6.45) is 2.18. The van der Waals surface area contributed by atoms with Crippen LogP contribution in [0.5, 0.6) is 5.75 Å². The highest BCUT2D eigenvalue weighted by atomic mass is 127. The van der Waals surface area contributed by atoms with Gasteiger partial charge < -0.3 is 14.4 Å². The van der Waals surface area contributed by atoms with Gasteiger partial charge in [0.05, 0.1) is 13.2 Å². The van der Waals surface area contributed by atoms with Gasteiger partial charge in [-0.3, -0.25) is 9.69 Å². The molecule has 24 heavy (non-hydrogen) atoms. The lowest BCUT2D eigenvalue weighted by molar-refractivity contribution is -0.134. The number of hydrogen-bond donors (Lipinski definition) is 0. The molecule has 0 N–H and O–H groups in total. The number of piperidine rings is 1. The van der Waals surface area contributed by atoms with Crippen LogP contribution < -0.4 is 4.74 Å². The van der Waals surface area contributed by atoms with Crippen molar-refractivity contribution in [3.63, 3.8) is 0 Å². The molecule has 1 aromatic rings. The molecular formula is C18H25IN2O3. The first-order chi connectivity index (χ1) is 11.7. The second kappa shape index (κ2) is 9.01. The second-order valence-electron chi connectivity index (χ2n) is 6.48. The van der Waals surface area contributed by atoms with E-state index < -0.39 is 0 Å². The van der Waals surface area contributed by atoms with E-state index in [4.69, 9.17) is 9.47 Å². The Labute approximate surface area is 157 Å². The molecule has 0 spiro atoms. The maximum Gasteiger partial charge on any atom is 0.260 e. The highest BCUT2D eigenvalue weighted by Crippen LogP contribution is 2.19. The molecule has 0 aromatic heterocycles. The molecule has 6 heteroatoms. The van der Waals surface area contributed by atoms with Crippen LogP contribution in [0.1, 0.15) is 12.8 Å². The number of amides is 1. The highest BCUT2D eigenvalue weighted by Gasteiger charge is 2.25. The maximum absolute atomic E-state index is 12.3. The fourth-order valence-electron chi connectivity index (χ4n) is 3.28. The lowest BCUT2D eigenvalue weighted by Crippen LogP contribution is -2.45. The second-order valence-corrected chi connectivity index (χ2v) is 7.73. The molecular weight excluding hydrogens is 419 g/mol.